The number of alkyl carbamates (subject to hydrolysis) is 1. The molecule has 3 amide bonds. The fraction of sp³-hybridized carbons (Fsp3) is 0.655. The van der Waals surface area contributed by atoms with Crippen LogP contribution in [0.2, 0.25) is 0 Å². The molecule has 0 heterocycles. The first-order valence-electron chi connectivity index (χ1n) is 13.6. The molecule has 1 aromatic carbocycles. The zero-order valence-corrected chi connectivity index (χ0v) is 24.4. The van der Waals surface area contributed by atoms with Crippen LogP contribution in [0.15, 0.2) is 24.3 Å². The normalized spacial score (nSPS) is 13.6. The molecule has 0 spiro atoms. The zero-order valence-electron chi connectivity index (χ0n) is 24.4. The maximum Gasteiger partial charge on any atom is 0.408 e. The van der Waals surface area contributed by atoms with E-state index in [0.29, 0.717) is 24.9 Å². The molecule has 1 rings (SSSR count). The summed E-state index contributed by atoms with van der Waals surface area (Å²) in [5.41, 5.74) is 0.876. The molecule has 0 bridgehead atoms. The predicted octanol–water partition coefficient (Wildman–Crippen LogP) is 4.67. The van der Waals surface area contributed by atoms with Crippen molar-refractivity contribution < 1.29 is 28.7 Å². The standard InChI is InChI=1S/C29H47N3O6/c1-9-12-18-32(27(35)24(21(5)10-2)31-28(36)38-29(6,7)8)25(22-15-13-14-20(4)19-22)26(34)30-17-16-23(33)37-11-3/h13-15,19,21,24-25H,9-12,16-18H2,1-8H3,(H,30,34)(H,31,36). The largest absolute Gasteiger partial charge is 0.466 e. The van der Waals surface area contributed by atoms with Crippen molar-refractivity contribution in [2.75, 3.05) is 19.7 Å². The van der Waals surface area contributed by atoms with E-state index in [4.69, 9.17) is 9.47 Å². The fourth-order valence-corrected chi connectivity index (χ4v) is 3.92. The van der Waals surface area contributed by atoms with Gasteiger partial charge >= 0.3 is 12.1 Å². The number of carbonyl (C=O) groups excluding carboxylic acids is 4. The van der Waals surface area contributed by atoms with Crippen molar-refractivity contribution in [3.8, 4) is 0 Å². The van der Waals surface area contributed by atoms with E-state index in [-0.39, 0.29) is 31.4 Å². The summed E-state index contributed by atoms with van der Waals surface area (Å²) in [4.78, 5) is 53.8. The van der Waals surface area contributed by atoms with Crippen LogP contribution in [0.4, 0.5) is 4.79 Å². The van der Waals surface area contributed by atoms with Gasteiger partial charge in [-0.2, -0.15) is 0 Å². The van der Waals surface area contributed by atoms with Gasteiger partial charge in [0.2, 0.25) is 11.8 Å². The number of benzene rings is 1. The van der Waals surface area contributed by atoms with Gasteiger partial charge in [-0.15, -0.1) is 0 Å². The molecule has 3 unspecified atom stereocenters. The monoisotopic (exact) mass is 533 g/mol. The molecule has 0 radical (unpaired) electrons. The highest BCUT2D eigenvalue weighted by Crippen LogP contribution is 2.26. The maximum atomic E-state index is 14.1. The van der Waals surface area contributed by atoms with Crippen LogP contribution in [0.5, 0.6) is 0 Å². The van der Waals surface area contributed by atoms with Gasteiger partial charge in [-0.3, -0.25) is 14.4 Å². The Kier molecular flexibility index (Phi) is 13.9. The van der Waals surface area contributed by atoms with Crippen molar-refractivity contribution in [1.29, 1.82) is 0 Å². The van der Waals surface area contributed by atoms with E-state index in [2.05, 4.69) is 10.6 Å². The van der Waals surface area contributed by atoms with Gasteiger partial charge in [-0.1, -0.05) is 63.4 Å². The van der Waals surface area contributed by atoms with Crippen LogP contribution in [0.3, 0.4) is 0 Å². The Bertz CT molecular complexity index is 927. The van der Waals surface area contributed by atoms with Gasteiger partial charge in [0.1, 0.15) is 17.7 Å². The molecule has 1 aromatic rings. The molecule has 214 valence electrons. The lowest BCUT2D eigenvalue weighted by Crippen LogP contribution is -2.55. The highest BCUT2D eigenvalue weighted by Gasteiger charge is 2.37. The smallest absolute Gasteiger partial charge is 0.408 e. The van der Waals surface area contributed by atoms with Crippen LogP contribution in [0.1, 0.15) is 91.3 Å². The third-order valence-corrected chi connectivity index (χ3v) is 6.04. The van der Waals surface area contributed by atoms with Crippen molar-refractivity contribution in [2.45, 2.75) is 98.8 Å². The molecule has 0 fully saturated rings. The SMILES string of the molecule is CCCCN(C(=O)C(NC(=O)OC(C)(C)C)C(C)CC)C(C(=O)NCCC(=O)OCC)c1cccc(C)c1. The van der Waals surface area contributed by atoms with Gasteiger partial charge in [0, 0.05) is 13.1 Å². The highest BCUT2D eigenvalue weighted by atomic mass is 16.6. The van der Waals surface area contributed by atoms with Gasteiger partial charge in [0.05, 0.1) is 13.0 Å². The number of rotatable bonds is 14. The molecular formula is C29H47N3O6. The molecule has 9 heteroatoms. The first kappa shape index (κ1) is 32.9. The zero-order chi connectivity index (χ0) is 28.9. The van der Waals surface area contributed by atoms with E-state index in [1.165, 1.54) is 0 Å². The van der Waals surface area contributed by atoms with E-state index in [0.717, 1.165) is 12.0 Å². The second-order valence-electron chi connectivity index (χ2n) is 10.6. The van der Waals surface area contributed by atoms with Crippen molar-refractivity contribution in [3.05, 3.63) is 35.4 Å². The lowest BCUT2D eigenvalue weighted by Gasteiger charge is -2.36. The third kappa shape index (κ3) is 11.1. The second kappa shape index (κ2) is 16.0. The lowest BCUT2D eigenvalue weighted by molar-refractivity contribution is -0.145. The number of hydrogen-bond acceptors (Lipinski definition) is 6. The molecule has 9 nitrogen and oxygen atoms in total. The first-order chi connectivity index (χ1) is 17.8. The predicted molar refractivity (Wildman–Crippen MR) is 147 cm³/mol. The second-order valence-corrected chi connectivity index (χ2v) is 10.6. The summed E-state index contributed by atoms with van der Waals surface area (Å²) < 4.78 is 10.4. The van der Waals surface area contributed by atoms with E-state index in [9.17, 15) is 19.2 Å². The minimum atomic E-state index is -0.942. The van der Waals surface area contributed by atoms with Crippen LogP contribution in [-0.2, 0) is 23.9 Å². The van der Waals surface area contributed by atoms with Gasteiger partial charge in [0.25, 0.3) is 0 Å². The van der Waals surface area contributed by atoms with Gasteiger partial charge in [0.15, 0.2) is 0 Å². The molecule has 0 aliphatic heterocycles. The molecule has 0 aliphatic rings. The average molecular weight is 534 g/mol. The number of unbranched alkanes of at least 4 members (excludes halogenated alkanes) is 1. The first-order valence-corrected chi connectivity index (χ1v) is 13.6. The van der Waals surface area contributed by atoms with E-state index in [1.807, 2.05) is 52.0 Å². The number of carbonyl (C=O) groups is 4. The molecule has 0 saturated heterocycles. The number of ether oxygens (including phenoxy) is 2. The summed E-state index contributed by atoms with van der Waals surface area (Å²) in [5.74, 6) is -1.36. The summed E-state index contributed by atoms with van der Waals surface area (Å²) in [7, 11) is 0. The summed E-state index contributed by atoms with van der Waals surface area (Å²) in [6, 6.07) is 5.63. The molecule has 38 heavy (non-hydrogen) atoms. The van der Waals surface area contributed by atoms with Crippen LogP contribution in [-0.4, -0.2) is 60.1 Å². The molecule has 0 aromatic heterocycles. The summed E-state index contributed by atoms with van der Waals surface area (Å²) in [5, 5.41) is 5.57. The molecular weight excluding hydrogens is 486 g/mol. The summed E-state index contributed by atoms with van der Waals surface area (Å²) >= 11 is 0. The Balaban J connectivity index is 3.41. The number of hydrogen-bond donors (Lipinski definition) is 2. The Labute approximate surface area is 228 Å². The Morgan fingerprint density at radius 1 is 1.08 bits per heavy atom. The Morgan fingerprint density at radius 2 is 1.76 bits per heavy atom. The summed E-state index contributed by atoms with van der Waals surface area (Å²) in [6.45, 7) is 15.4. The van der Waals surface area contributed by atoms with Crippen LogP contribution in [0, 0.1) is 12.8 Å². The van der Waals surface area contributed by atoms with Crippen molar-refractivity contribution in [3.63, 3.8) is 0 Å². The molecule has 2 N–H and O–H groups in total. The number of nitrogens with zero attached hydrogens (tertiary/aromatic N) is 1. The maximum absolute atomic E-state index is 14.1. The molecule has 0 saturated carbocycles. The molecule has 0 aliphatic carbocycles. The van der Waals surface area contributed by atoms with E-state index >= 15 is 0 Å². The van der Waals surface area contributed by atoms with Gasteiger partial charge in [-0.25, -0.2) is 4.79 Å². The lowest BCUT2D eigenvalue weighted by atomic mass is 9.95. The number of aryl methyl sites for hydroxylation is 1. The van der Waals surface area contributed by atoms with E-state index in [1.54, 1.807) is 32.6 Å². The number of nitrogens with one attached hydrogen (secondary N) is 2. The van der Waals surface area contributed by atoms with Gasteiger partial charge < -0.3 is 25.0 Å². The van der Waals surface area contributed by atoms with Gasteiger partial charge in [-0.05, 0) is 52.5 Å². The molecule has 3 atom stereocenters. The van der Waals surface area contributed by atoms with E-state index < -0.39 is 35.7 Å². The Hall–Kier alpha value is -3.10. The van der Waals surface area contributed by atoms with Crippen molar-refractivity contribution >= 4 is 23.9 Å². The quantitative estimate of drug-likeness (QED) is 0.336. The number of esters is 1. The fourth-order valence-electron chi connectivity index (χ4n) is 3.92. The third-order valence-electron chi connectivity index (χ3n) is 6.04. The summed E-state index contributed by atoms with van der Waals surface area (Å²) in [6.07, 6.45) is 1.46. The topological polar surface area (TPSA) is 114 Å². The van der Waals surface area contributed by atoms with Crippen molar-refractivity contribution in [2.24, 2.45) is 5.92 Å². The number of amides is 3. The average Bonchev–Trinajstić information content (AvgIpc) is 2.83. The minimum Gasteiger partial charge on any atom is -0.466 e. The van der Waals surface area contributed by atoms with Crippen molar-refractivity contribution in [1.82, 2.24) is 15.5 Å². The highest BCUT2D eigenvalue weighted by molar-refractivity contribution is 5.92. The van der Waals surface area contributed by atoms with Crippen LogP contribution < -0.4 is 10.6 Å². The van der Waals surface area contributed by atoms with Crippen LogP contribution >= 0.6 is 0 Å². The minimum absolute atomic E-state index is 0.0265. The Morgan fingerprint density at radius 3 is 2.32 bits per heavy atom. The van der Waals surface area contributed by atoms with Crippen LogP contribution in [0.25, 0.3) is 0 Å².